The SMILES string of the molecule is O.Oc1cccnc1. The van der Waals surface area contributed by atoms with Gasteiger partial charge in [-0.2, -0.15) is 0 Å². The second-order valence-corrected chi connectivity index (χ2v) is 1.21. The van der Waals surface area contributed by atoms with E-state index in [1.165, 1.54) is 6.20 Å². The number of hydrogen-bond donors (Lipinski definition) is 1. The molecule has 3 N–H and O–H groups in total. The van der Waals surface area contributed by atoms with Crippen molar-refractivity contribution in [2.24, 2.45) is 0 Å². The molecule has 8 heavy (non-hydrogen) atoms. The largest absolute Gasteiger partial charge is 0.506 e. The molecule has 0 saturated heterocycles. The molecule has 0 aliphatic heterocycles. The summed E-state index contributed by atoms with van der Waals surface area (Å²) in [4.78, 5) is 3.63. The topological polar surface area (TPSA) is 64.6 Å². The van der Waals surface area contributed by atoms with E-state index in [0.29, 0.717) is 0 Å². The first-order chi connectivity index (χ1) is 3.39. The van der Waals surface area contributed by atoms with Crippen molar-refractivity contribution in [1.82, 2.24) is 4.98 Å². The quantitative estimate of drug-likeness (QED) is 0.513. The van der Waals surface area contributed by atoms with Crippen LogP contribution in [0.25, 0.3) is 0 Å². The fourth-order valence-electron chi connectivity index (χ4n) is 0.354. The molecule has 1 heterocycles. The third-order valence-electron chi connectivity index (χ3n) is 0.646. The fraction of sp³-hybridized carbons (Fsp3) is 0. The molecule has 0 atom stereocenters. The number of pyridine rings is 1. The van der Waals surface area contributed by atoms with E-state index in [4.69, 9.17) is 5.11 Å². The van der Waals surface area contributed by atoms with Gasteiger partial charge in [-0.15, -0.1) is 0 Å². The Labute approximate surface area is 46.9 Å². The van der Waals surface area contributed by atoms with Crippen molar-refractivity contribution in [3.8, 4) is 5.75 Å². The minimum absolute atomic E-state index is 0. The Morgan fingerprint density at radius 3 is 2.50 bits per heavy atom. The molecule has 0 saturated carbocycles. The van der Waals surface area contributed by atoms with Gasteiger partial charge < -0.3 is 10.6 Å². The lowest BCUT2D eigenvalue weighted by Crippen LogP contribution is -1.64. The molecular weight excluding hydrogens is 106 g/mol. The van der Waals surface area contributed by atoms with E-state index in [9.17, 15) is 0 Å². The molecule has 0 unspecified atom stereocenters. The molecule has 1 rings (SSSR count). The van der Waals surface area contributed by atoms with E-state index in [2.05, 4.69) is 4.98 Å². The van der Waals surface area contributed by atoms with Crippen LogP contribution in [0, 0.1) is 0 Å². The third-order valence-corrected chi connectivity index (χ3v) is 0.646. The molecule has 0 radical (unpaired) electrons. The molecule has 0 amide bonds. The van der Waals surface area contributed by atoms with E-state index in [0.717, 1.165) is 0 Å². The summed E-state index contributed by atoms with van der Waals surface area (Å²) in [5.41, 5.74) is 0. The van der Waals surface area contributed by atoms with Crippen LogP contribution in [0.3, 0.4) is 0 Å². The van der Waals surface area contributed by atoms with Gasteiger partial charge in [-0.05, 0) is 12.1 Å². The number of aromatic nitrogens is 1. The Balaban J connectivity index is 0.000000490. The summed E-state index contributed by atoms with van der Waals surface area (Å²) >= 11 is 0. The molecular formula is C5H7NO2. The van der Waals surface area contributed by atoms with Crippen molar-refractivity contribution in [2.75, 3.05) is 0 Å². The average molecular weight is 113 g/mol. The number of hydrogen-bond acceptors (Lipinski definition) is 2. The lowest BCUT2D eigenvalue weighted by molar-refractivity contribution is 0.472. The predicted molar refractivity (Wildman–Crippen MR) is 29.5 cm³/mol. The van der Waals surface area contributed by atoms with Gasteiger partial charge >= 0.3 is 0 Å². The Hall–Kier alpha value is -1.09. The minimum atomic E-state index is 0. The lowest BCUT2D eigenvalue weighted by Gasteiger charge is -1.81. The van der Waals surface area contributed by atoms with Gasteiger partial charge in [0.1, 0.15) is 5.75 Å². The van der Waals surface area contributed by atoms with E-state index in [-0.39, 0.29) is 11.2 Å². The highest BCUT2D eigenvalue weighted by molar-refractivity contribution is 5.12. The Morgan fingerprint density at radius 2 is 2.25 bits per heavy atom. The van der Waals surface area contributed by atoms with Gasteiger partial charge in [0.05, 0.1) is 6.20 Å². The van der Waals surface area contributed by atoms with E-state index in [1.807, 2.05) is 0 Å². The van der Waals surface area contributed by atoms with Gasteiger partial charge in [-0.25, -0.2) is 0 Å². The van der Waals surface area contributed by atoms with Crippen LogP contribution in [-0.4, -0.2) is 15.6 Å². The average Bonchev–Trinajstić information content (AvgIpc) is 1.69. The molecule has 0 aliphatic carbocycles. The van der Waals surface area contributed by atoms with Gasteiger partial charge in [-0.1, -0.05) is 0 Å². The van der Waals surface area contributed by atoms with Crippen LogP contribution in [0.4, 0.5) is 0 Å². The highest BCUT2D eigenvalue weighted by Crippen LogP contribution is 1.99. The smallest absolute Gasteiger partial charge is 0.133 e. The molecule has 0 fully saturated rings. The van der Waals surface area contributed by atoms with Crippen molar-refractivity contribution in [1.29, 1.82) is 0 Å². The molecule has 44 valence electrons. The van der Waals surface area contributed by atoms with Crippen LogP contribution in [0.5, 0.6) is 5.75 Å². The zero-order valence-corrected chi connectivity index (χ0v) is 4.20. The molecule has 1 aromatic rings. The second-order valence-electron chi connectivity index (χ2n) is 1.21. The van der Waals surface area contributed by atoms with Crippen LogP contribution < -0.4 is 0 Å². The minimum Gasteiger partial charge on any atom is -0.506 e. The highest BCUT2D eigenvalue weighted by Gasteiger charge is 1.76. The predicted octanol–water partition coefficient (Wildman–Crippen LogP) is -0.0375. The zero-order chi connectivity index (χ0) is 5.11. The van der Waals surface area contributed by atoms with Crippen LogP contribution >= 0.6 is 0 Å². The molecule has 0 aliphatic rings. The first-order valence-corrected chi connectivity index (χ1v) is 1.98. The second kappa shape index (κ2) is 2.98. The highest BCUT2D eigenvalue weighted by atomic mass is 16.3. The van der Waals surface area contributed by atoms with Crippen molar-refractivity contribution in [3.05, 3.63) is 24.5 Å². The fourth-order valence-corrected chi connectivity index (χ4v) is 0.354. The maximum Gasteiger partial charge on any atom is 0.133 e. The Morgan fingerprint density at radius 1 is 1.50 bits per heavy atom. The van der Waals surface area contributed by atoms with Crippen LogP contribution in [0.2, 0.25) is 0 Å². The zero-order valence-electron chi connectivity index (χ0n) is 4.20. The van der Waals surface area contributed by atoms with Gasteiger partial charge in [0.2, 0.25) is 0 Å². The summed E-state index contributed by atoms with van der Waals surface area (Å²) < 4.78 is 0. The normalized spacial score (nSPS) is 7.50. The summed E-state index contributed by atoms with van der Waals surface area (Å²) in [6, 6.07) is 3.25. The van der Waals surface area contributed by atoms with Crippen LogP contribution in [0.1, 0.15) is 0 Å². The summed E-state index contributed by atoms with van der Waals surface area (Å²) in [5, 5.41) is 8.57. The molecule has 0 bridgehead atoms. The Bertz CT molecular complexity index is 140. The maximum absolute atomic E-state index is 8.57. The van der Waals surface area contributed by atoms with Gasteiger partial charge in [0.25, 0.3) is 0 Å². The molecule has 3 heteroatoms. The molecule has 1 aromatic heterocycles. The summed E-state index contributed by atoms with van der Waals surface area (Å²) in [6.07, 6.45) is 3.00. The maximum atomic E-state index is 8.57. The van der Waals surface area contributed by atoms with Gasteiger partial charge in [-0.3, -0.25) is 4.98 Å². The van der Waals surface area contributed by atoms with Crippen LogP contribution in [-0.2, 0) is 0 Å². The standard InChI is InChI=1S/C5H5NO.H2O/c7-5-2-1-3-6-4-5;/h1-4,7H;1H2. The van der Waals surface area contributed by atoms with Gasteiger partial charge in [0, 0.05) is 6.20 Å². The number of rotatable bonds is 0. The van der Waals surface area contributed by atoms with Crippen molar-refractivity contribution in [2.45, 2.75) is 0 Å². The molecule has 3 nitrogen and oxygen atoms in total. The monoisotopic (exact) mass is 113 g/mol. The molecule has 0 spiro atoms. The van der Waals surface area contributed by atoms with E-state index < -0.39 is 0 Å². The first kappa shape index (κ1) is 6.91. The van der Waals surface area contributed by atoms with Crippen molar-refractivity contribution in [3.63, 3.8) is 0 Å². The lowest BCUT2D eigenvalue weighted by atomic mass is 10.5. The summed E-state index contributed by atoms with van der Waals surface area (Å²) in [7, 11) is 0. The van der Waals surface area contributed by atoms with Crippen LogP contribution in [0.15, 0.2) is 24.5 Å². The molecule has 0 aromatic carbocycles. The number of nitrogens with zero attached hydrogens (tertiary/aromatic N) is 1. The van der Waals surface area contributed by atoms with Crippen molar-refractivity contribution < 1.29 is 10.6 Å². The summed E-state index contributed by atoms with van der Waals surface area (Å²) in [6.45, 7) is 0. The van der Waals surface area contributed by atoms with Gasteiger partial charge in [0.15, 0.2) is 0 Å². The Kier molecular flexibility index (Phi) is 2.58. The van der Waals surface area contributed by atoms with Crippen molar-refractivity contribution >= 4 is 0 Å². The van der Waals surface area contributed by atoms with E-state index >= 15 is 0 Å². The third kappa shape index (κ3) is 1.57. The van der Waals surface area contributed by atoms with E-state index in [1.54, 1.807) is 18.3 Å². The summed E-state index contributed by atoms with van der Waals surface area (Å²) in [5.74, 6) is 0.211. The number of aromatic hydroxyl groups is 1. The first-order valence-electron chi connectivity index (χ1n) is 1.98.